The molecule has 0 saturated heterocycles. The molecule has 2 unspecified atom stereocenters. The number of nitrogens with one attached hydrogen (secondary N) is 4. The molecule has 104 valence electrons. The van der Waals surface area contributed by atoms with Gasteiger partial charge in [0.25, 0.3) is 0 Å². The Morgan fingerprint density at radius 3 is 1.35 bits per heavy atom. The molecule has 0 radical (unpaired) electrons. The average Bonchev–Trinajstić information content (AvgIpc) is 2.29. The summed E-state index contributed by atoms with van der Waals surface area (Å²) in [5, 5.41) is 0. The Morgan fingerprint density at radius 1 is 0.765 bits per heavy atom. The maximum atomic E-state index is 3.75. The smallest absolute Gasteiger partial charge is 0.301 e. The van der Waals surface area contributed by atoms with E-state index in [9.17, 15) is 0 Å². The van der Waals surface area contributed by atoms with Crippen LogP contribution in [0.4, 0.5) is 0 Å². The number of hydrogen-bond donors (Lipinski definition) is 4. The third kappa shape index (κ3) is 6.52. The highest BCUT2D eigenvalue weighted by atomic mass is 28.4. The summed E-state index contributed by atoms with van der Waals surface area (Å²) in [6, 6.07) is 1.05. The molecule has 0 saturated carbocycles. The van der Waals surface area contributed by atoms with Crippen LogP contribution in [0.1, 0.15) is 54.4 Å². The van der Waals surface area contributed by atoms with E-state index in [0.29, 0.717) is 12.1 Å². The summed E-state index contributed by atoms with van der Waals surface area (Å²) in [4.78, 5) is 14.8. The van der Waals surface area contributed by atoms with Crippen molar-refractivity contribution in [2.45, 2.75) is 66.5 Å². The van der Waals surface area contributed by atoms with Gasteiger partial charge in [-0.15, -0.1) is 0 Å². The van der Waals surface area contributed by atoms with Crippen LogP contribution < -0.4 is 19.9 Å². The Labute approximate surface area is 109 Å². The van der Waals surface area contributed by atoms with Crippen molar-refractivity contribution in [3.8, 4) is 0 Å². The highest BCUT2D eigenvalue weighted by Crippen LogP contribution is 1.97. The second-order valence-electron chi connectivity index (χ2n) is 4.72. The van der Waals surface area contributed by atoms with Gasteiger partial charge in [0, 0.05) is 12.1 Å². The van der Waals surface area contributed by atoms with E-state index in [4.69, 9.17) is 0 Å². The molecule has 0 aliphatic carbocycles. The first-order valence-electron chi connectivity index (χ1n) is 7.08. The maximum Gasteiger partial charge on any atom is 0.366 e. The Kier molecular flexibility index (Phi) is 9.08. The summed E-state index contributed by atoms with van der Waals surface area (Å²) < 4.78 is 0. The molecule has 0 heterocycles. The third-order valence-corrected chi connectivity index (χ3v) is 6.65. The molecule has 5 heteroatoms. The van der Waals surface area contributed by atoms with Crippen LogP contribution in [0.3, 0.4) is 0 Å². The van der Waals surface area contributed by atoms with Gasteiger partial charge in [0.05, 0.1) is 0 Å². The zero-order chi connectivity index (χ0) is 13.3. The molecule has 0 aromatic carbocycles. The van der Waals surface area contributed by atoms with E-state index in [1.165, 1.54) is 0 Å². The second-order valence-corrected chi connectivity index (χ2v) is 7.50. The predicted molar refractivity (Wildman–Crippen MR) is 78.9 cm³/mol. The molecule has 0 aliphatic heterocycles. The lowest BCUT2D eigenvalue weighted by Crippen LogP contribution is -2.83. The van der Waals surface area contributed by atoms with Crippen LogP contribution in [0.2, 0.25) is 0 Å². The minimum absolute atomic E-state index is 0.524. The molecule has 0 bridgehead atoms. The van der Waals surface area contributed by atoms with Gasteiger partial charge in [-0.3, -0.25) is 9.96 Å². The lowest BCUT2D eigenvalue weighted by atomic mass is 10.3. The van der Waals surface area contributed by atoms with Gasteiger partial charge in [0.15, 0.2) is 0 Å². The summed E-state index contributed by atoms with van der Waals surface area (Å²) in [6.07, 6.45) is 2.29. The Balaban J connectivity index is 4.70. The van der Waals surface area contributed by atoms with Gasteiger partial charge in [-0.05, 0) is 25.9 Å². The maximum absolute atomic E-state index is 3.75. The minimum atomic E-state index is -1.96. The standard InChI is InChI=1S/C12H32N4Si/c1-7-11(5)15-17(13-9-3,14-10-4)16-12(6)8-2/h11-16H,7-10H2,1-6H3. The Bertz CT molecular complexity index is 169. The van der Waals surface area contributed by atoms with Crippen molar-refractivity contribution < 1.29 is 0 Å². The largest absolute Gasteiger partial charge is 0.366 e. The van der Waals surface area contributed by atoms with Crippen LogP contribution in [0.5, 0.6) is 0 Å². The van der Waals surface area contributed by atoms with E-state index in [-0.39, 0.29) is 0 Å². The molecule has 17 heavy (non-hydrogen) atoms. The zero-order valence-corrected chi connectivity index (χ0v) is 13.5. The highest BCUT2D eigenvalue weighted by Gasteiger charge is 2.35. The van der Waals surface area contributed by atoms with Crippen LogP contribution in [0.25, 0.3) is 0 Å². The average molecular weight is 261 g/mol. The van der Waals surface area contributed by atoms with Gasteiger partial charge in [0.1, 0.15) is 0 Å². The first-order chi connectivity index (χ1) is 8.03. The van der Waals surface area contributed by atoms with Crippen LogP contribution in [-0.4, -0.2) is 33.9 Å². The van der Waals surface area contributed by atoms with E-state index in [1.54, 1.807) is 0 Å². The van der Waals surface area contributed by atoms with E-state index in [1.807, 2.05) is 0 Å². The van der Waals surface area contributed by atoms with Gasteiger partial charge < -0.3 is 9.96 Å². The fraction of sp³-hybridized carbons (Fsp3) is 1.00. The summed E-state index contributed by atoms with van der Waals surface area (Å²) in [5.41, 5.74) is 0. The van der Waals surface area contributed by atoms with Gasteiger partial charge >= 0.3 is 8.72 Å². The lowest BCUT2D eigenvalue weighted by molar-refractivity contribution is 0.547. The van der Waals surface area contributed by atoms with Crippen molar-refractivity contribution in [3.63, 3.8) is 0 Å². The molecule has 4 N–H and O–H groups in total. The number of rotatable bonds is 10. The van der Waals surface area contributed by atoms with Crippen molar-refractivity contribution in [2.75, 3.05) is 13.1 Å². The molecule has 0 fully saturated rings. The monoisotopic (exact) mass is 260 g/mol. The molecule has 2 atom stereocenters. The first kappa shape index (κ1) is 17.1. The van der Waals surface area contributed by atoms with E-state index < -0.39 is 8.72 Å². The van der Waals surface area contributed by atoms with Crippen LogP contribution in [0.15, 0.2) is 0 Å². The summed E-state index contributed by atoms with van der Waals surface area (Å²) in [7, 11) is -1.96. The fourth-order valence-corrected chi connectivity index (χ4v) is 5.35. The summed E-state index contributed by atoms with van der Waals surface area (Å²) in [6.45, 7) is 15.2. The minimum Gasteiger partial charge on any atom is -0.301 e. The Morgan fingerprint density at radius 2 is 1.12 bits per heavy atom. The van der Waals surface area contributed by atoms with Gasteiger partial charge in [-0.25, -0.2) is 0 Å². The molecule has 0 aromatic heterocycles. The van der Waals surface area contributed by atoms with Gasteiger partial charge in [-0.1, -0.05) is 41.5 Å². The third-order valence-electron chi connectivity index (χ3n) is 3.03. The molecule has 0 rings (SSSR count). The molecular formula is C12H32N4Si. The van der Waals surface area contributed by atoms with Crippen LogP contribution >= 0.6 is 0 Å². The lowest BCUT2D eigenvalue weighted by Gasteiger charge is -2.37. The SMILES string of the molecule is CCN[Si](NCC)(NC(C)CC)NC(C)CC. The van der Waals surface area contributed by atoms with E-state index in [2.05, 4.69) is 61.5 Å². The highest BCUT2D eigenvalue weighted by molar-refractivity contribution is 6.70. The molecule has 0 amide bonds. The molecule has 0 aromatic rings. The fourth-order valence-electron chi connectivity index (χ4n) is 1.78. The van der Waals surface area contributed by atoms with Gasteiger partial charge in [-0.2, -0.15) is 0 Å². The quantitative estimate of drug-likeness (QED) is 0.449. The number of hydrogen-bond acceptors (Lipinski definition) is 4. The zero-order valence-electron chi connectivity index (χ0n) is 12.5. The topological polar surface area (TPSA) is 48.1 Å². The summed E-state index contributed by atoms with van der Waals surface area (Å²) >= 11 is 0. The van der Waals surface area contributed by atoms with Crippen molar-refractivity contribution >= 4 is 8.72 Å². The van der Waals surface area contributed by atoms with Gasteiger partial charge in [0.2, 0.25) is 0 Å². The van der Waals surface area contributed by atoms with Crippen molar-refractivity contribution in [2.24, 2.45) is 0 Å². The molecular weight excluding hydrogens is 228 g/mol. The molecule has 0 aliphatic rings. The molecule has 0 spiro atoms. The van der Waals surface area contributed by atoms with Crippen molar-refractivity contribution in [1.82, 2.24) is 19.9 Å². The Hall–Kier alpha value is 0.0569. The first-order valence-corrected chi connectivity index (χ1v) is 9.08. The van der Waals surface area contributed by atoms with Crippen LogP contribution in [0, 0.1) is 0 Å². The second kappa shape index (κ2) is 9.05. The predicted octanol–water partition coefficient (Wildman–Crippen LogP) is 1.42. The van der Waals surface area contributed by atoms with E-state index in [0.717, 1.165) is 25.9 Å². The van der Waals surface area contributed by atoms with Crippen molar-refractivity contribution in [1.29, 1.82) is 0 Å². The summed E-state index contributed by atoms with van der Waals surface area (Å²) in [5.74, 6) is 0. The van der Waals surface area contributed by atoms with Crippen LogP contribution in [-0.2, 0) is 0 Å². The van der Waals surface area contributed by atoms with E-state index >= 15 is 0 Å². The molecule has 4 nitrogen and oxygen atoms in total. The normalized spacial score (nSPS) is 15.9. The van der Waals surface area contributed by atoms with Crippen molar-refractivity contribution in [3.05, 3.63) is 0 Å².